The van der Waals surface area contributed by atoms with E-state index < -0.39 is 0 Å². The van der Waals surface area contributed by atoms with E-state index in [0.717, 1.165) is 5.56 Å². The molecule has 0 aliphatic heterocycles. The summed E-state index contributed by atoms with van der Waals surface area (Å²) in [5.74, 6) is 0.902. The summed E-state index contributed by atoms with van der Waals surface area (Å²) in [6, 6.07) is 8.11. The first kappa shape index (κ1) is 13.3. The molecule has 0 aliphatic rings. The van der Waals surface area contributed by atoms with Gasteiger partial charge in [-0.15, -0.1) is 5.10 Å². The molecule has 0 aliphatic carbocycles. The molecule has 5 nitrogen and oxygen atoms in total. The van der Waals surface area contributed by atoms with E-state index in [-0.39, 0.29) is 5.91 Å². The van der Waals surface area contributed by atoms with E-state index in [4.69, 9.17) is 0 Å². The zero-order chi connectivity index (χ0) is 13.8. The third-order valence-electron chi connectivity index (χ3n) is 2.99. The Balaban J connectivity index is 1.97. The van der Waals surface area contributed by atoms with Crippen molar-refractivity contribution in [2.24, 2.45) is 0 Å². The molecule has 0 unspecified atom stereocenters. The van der Waals surface area contributed by atoms with Crippen LogP contribution >= 0.6 is 0 Å². The third-order valence-corrected chi connectivity index (χ3v) is 2.99. The van der Waals surface area contributed by atoms with Crippen LogP contribution in [0.15, 0.2) is 24.3 Å². The summed E-state index contributed by atoms with van der Waals surface area (Å²) in [5.41, 5.74) is 2.95. The number of nitrogens with zero attached hydrogens (tertiary/aromatic N) is 2. The summed E-state index contributed by atoms with van der Waals surface area (Å²) in [6.07, 6.45) is 0.338. The monoisotopic (exact) mass is 258 g/mol. The van der Waals surface area contributed by atoms with Crippen molar-refractivity contribution >= 4 is 11.7 Å². The molecule has 2 aromatic rings. The Morgan fingerprint density at radius 3 is 2.47 bits per heavy atom. The summed E-state index contributed by atoms with van der Waals surface area (Å²) in [4.78, 5) is 11.9. The van der Waals surface area contributed by atoms with Crippen LogP contribution in [0.3, 0.4) is 0 Å². The van der Waals surface area contributed by atoms with Gasteiger partial charge in [-0.3, -0.25) is 4.79 Å². The fourth-order valence-corrected chi connectivity index (χ4v) is 1.78. The molecular formula is C14H18N4O. The van der Waals surface area contributed by atoms with Crippen LogP contribution in [0.1, 0.15) is 36.6 Å². The number of hydrogen-bond acceptors (Lipinski definition) is 3. The Labute approximate surface area is 112 Å². The first-order valence-electron chi connectivity index (χ1n) is 6.32. The highest BCUT2D eigenvalue weighted by molar-refractivity contribution is 5.91. The lowest BCUT2D eigenvalue weighted by molar-refractivity contribution is -0.115. The number of hydrogen-bond donors (Lipinski definition) is 2. The zero-order valence-electron chi connectivity index (χ0n) is 11.4. The summed E-state index contributed by atoms with van der Waals surface area (Å²) < 4.78 is 0. The van der Waals surface area contributed by atoms with Crippen molar-refractivity contribution < 1.29 is 4.79 Å². The predicted octanol–water partition coefficient (Wildman–Crippen LogP) is 2.42. The van der Waals surface area contributed by atoms with Crippen LogP contribution in [0.4, 0.5) is 5.82 Å². The first-order valence-corrected chi connectivity index (χ1v) is 6.32. The van der Waals surface area contributed by atoms with Crippen LogP contribution < -0.4 is 5.32 Å². The van der Waals surface area contributed by atoms with E-state index >= 15 is 0 Å². The minimum absolute atomic E-state index is 0.0886. The van der Waals surface area contributed by atoms with Gasteiger partial charge in [0.15, 0.2) is 5.82 Å². The van der Waals surface area contributed by atoms with Crippen molar-refractivity contribution in [3.63, 3.8) is 0 Å². The van der Waals surface area contributed by atoms with Gasteiger partial charge in [0.05, 0.1) is 6.42 Å². The predicted molar refractivity (Wildman–Crippen MR) is 74.0 cm³/mol. The minimum atomic E-state index is -0.0886. The smallest absolute Gasteiger partial charge is 0.230 e. The van der Waals surface area contributed by atoms with Gasteiger partial charge in [-0.2, -0.15) is 10.3 Å². The third kappa shape index (κ3) is 3.40. The number of aryl methyl sites for hydroxylation is 1. The Bertz CT molecular complexity index is 557. The SMILES string of the molecule is Cc1n[nH]nc1NC(=O)Cc1ccc(C(C)C)cc1. The number of carbonyl (C=O) groups is 1. The topological polar surface area (TPSA) is 70.7 Å². The molecule has 0 saturated heterocycles. The number of anilines is 1. The van der Waals surface area contributed by atoms with Gasteiger partial charge < -0.3 is 5.32 Å². The second-order valence-corrected chi connectivity index (χ2v) is 4.88. The first-order chi connectivity index (χ1) is 9.06. The Morgan fingerprint density at radius 1 is 1.26 bits per heavy atom. The number of rotatable bonds is 4. The van der Waals surface area contributed by atoms with E-state index in [1.807, 2.05) is 12.1 Å². The molecular weight excluding hydrogens is 240 g/mol. The maximum atomic E-state index is 11.9. The van der Waals surface area contributed by atoms with Crippen molar-refractivity contribution in [3.05, 3.63) is 41.1 Å². The van der Waals surface area contributed by atoms with Crippen LogP contribution in [-0.4, -0.2) is 21.3 Å². The number of H-pyrrole nitrogens is 1. The number of nitrogens with one attached hydrogen (secondary N) is 2. The van der Waals surface area contributed by atoms with E-state index in [1.54, 1.807) is 6.92 Å². The summed E-state index contributed by atoms with van der Waals surface area (Å²) >= 11 is 0. The summed E-state index contributed by atoms with van der Waals surface area (Å²) in [5, 5.41) is 12.9. The highest BCUT2D eigenvalue weighted by Gasteiger charge is 2.09. The van der Waals surface area contributed by atoms with Gasteiger partial charge >= 0.3 is 0 Å². The maximum absolute atomic E-state index is 11.9. The standard InChI is InChI=1S/C14H18N4O/c1-9(2)12-6-4-11(5-7-12)8-13(19)15-14-10(3)16-18-17-14/h4-7,9H,8H2,1-3H3,(H2,15,16,17,18,19). The maximum Gasteiger partial charge on any atom is 0.230 e. The molecule has 2 rings (SSSR count). The quantitative estimate of drug-likeness (QED) is 0.884. The largest absolute Gasteiger partial charge is 0.307 e. The second kappa shape index (κ2) is 5.65. The number of carbonyl (C=O) groups excluding carboxylic acids is 1. The Hall–Kier alpha value is -2.17. The molecule has 5 heteroatoms. The normalized spacial score (nSPS) is 10.7. The number of aromatic amines is 1. The second-order valence-electron chi connectivity index (χ2n) is 4.88. The molecule has 0 atom stereocenters. The average molecular weight is 258 g/mol. The van der Waals surface area contributed by atoms with Gasteiger partial charge in [0.2, 0.25) is 5.91 Å². The van der Waals surface area contributed by atoms with Crippen LogP contribution in [0.25, 0.3) is 0 Å². The van der Waals surface area contributed by atoms with Crippen molar-refractivity contribution in [2.75, 3.05) is 5.32 Å². The van der Waals surface area contributed by atoms with E-state index in [0.29, 0.717) is 23.9 Å². The lowest BCUT2D eigenvalue weighted by Gasteiger charge is -2.07. The lowest BCUT2D eigenvalue weighted by atomic mass is 10.0. The van der Waals surface area contributed by atoms with E-state index in [9.17, 15) is 4.79 Å². The molecule has 1 aromatic carbocycles. The Kier molecular flexibility index (Phi) is 3.94. The number of benzene rings is 1. The van der Waals surface area contributed by atoms with Gasteiger partial charge in [-0.25, -0.2) is 0 Å². The van der Waals surface area contributed by atoms with Crippen molar-refractivity contribution in [1.29, 1.82) is 0 Å². The van der Waals surface area contributed by atoms with Crippen LogP contribution in [-0.2, 0) is 11.2 Å². The minimum Gasteiger partial charge on any atom is -0.307 e. The van der Waals surface area contributed by atoms with Gasteiger partial charge in [0.1, 0.15) is 5.69 Å². The lowest BCUT2D eigenvalue weighted by Crippen LogP contribution is -2.15. The van der Waals surface area contributed by atoms with Crippen molar-refractivity contribution in [1.82, 2.24) is 15.4 Å². The molecule has 1 amide bonds. The Morgan fingerprint density at radius 2 is 1.95 bits per heavy atom. The highest BCUT2D eigenvalue weighted by atomic mass is 16.1. The van der Waals surface area contributed by atoms with E-state index in [2.05, 4.69) is 46.7 Å². The number of amides is 1. The molecule has 0 radical (unpaired) electrons. The summed E-state index contributed by atoms with van der Waals surface area (Å²) in [7, 11) is 0. The molecule has 0 spiro atoms. The van der Waals surface area contributed by atoms with Gasteiger partial charge in [0, 0.05) is 0 Å². The van der Waals surface area contributed by atoms with Crippen LogP contribution in [0.2, 0.25) is 0 Å². The number of aromatic nitrogens is 3. The average Bonchev–Trinajstić information content (AvgIpc) is 2.75. The van der Waals surface area contributed by atoms with E-state index in [1.165, 1.54) is 5.56 Å². The molecule has 1 aromatic heterocycles. The molecule has 0 bridgehead atoms. The molecule has 19 heavy (non-hydrogen) atoms. The molecule has 0 saturated carbocycles. The molecule has 0 fully saturated rings. The highest BCUT2D eigenvalue weighted by Crippen LogP contribution is 2.15. The van der Waals surface area contributed by atoms with Gasteiger partial charge in [-0.1, -0.05) is 38.1 Å². The van der Waals surface area contributed by atoms with Crippen molar-refractivity contribution in [3.8, 4) is 0 Å². The van der Waals surface area contributed by atoms with Crippen LogP contribution in [0.5, 0.6) is 0 Å². The fourth-order valence-electron chi connectivity index (χ4n) is 1.78. The zero-order valence-corrected chi connectivity index (χ0v) is 11.4. The molecule has 100 valence electrons. The molecule has 1 heterocycles. The van der Waals surface area contributed by atoms with Crippen LogP contribution in [0, 0.1) is 6.92 Å². The summed E-state index contributed by atoms with van der Waals surface area (Å²) in [6.45, 7) is 6.08. The van der Waals surface area contributed by atoms with Gasteiger partial charge in [-0.05, 0) is 24.0 Å². The molecule has 2 N–H and O–H groups in total. The van der Waals surface area contributed by atoms with Crippen molar-refractivity contribution in [2.45, 2.75) is 33.1 Å². The van der Waals surface area contributed by atoms with Gasteiger partial charge in [0.25, 0.3) is 0 Å². The fraction of sp³-hybridized carbons (Fsp3) is 0.357.